The van der Waals surface area contributed by atoms with Gasteiger partial charge >= 0.3 is 0 Å². The molecule has 2 rings (SSSR count). The third kappa shape index (κ3) is 2.65. The number of rotatable bonds is 3. The second kappa shape index (κ2) is 5.72. The van der Waals surface area contributed by atoms with Gasteiger partial charge in [-0.05, 0) is 53.0 Å². The molecular weight excluding hydrogens is 304 g/mol. The molecule has 2 aromatic rings. The Bertz CT molecular complexity index is 599. The van der Waals surface area contributed by atoms with Crippen molar-refractivity contribution in [1.29, 1.82) is 0 Å². The van der Waals surface area contributed by atoms with Gasteiger partial charge in [0.05, 0.1) is 18.8 Å². The lowest BCUT2D eigenvalue weighted by Crippen LogP contribution is -2.16. The third-order valence-electron chi connectivity index (χ3n) is 3.33. The van der Waals surface area contributed by atoms with Crippen molar-refractivity contribution in [1.82, 2.24) is 4.98 Å². The fourth-order valence-electron chi connectivity index (χ4n) is 2.10. The number of aryl methyl sites for hydroxylation is 1. The van der Waals surface area contributed by atoms with E-state index in [1.54, 1.807) is 13.3 Å². The Balaban J connectivity index is 2.53. The summed E-state index contributed by atoms with van der Waals surface area (Å²) < 4.78 is 6.42. The zero-order valence-electron chi connectivity index (χ0n) is 11.3. The number of hydrogen-bond acceptors (Lipinski definition) is 3. The molecule has 1 aromatic carbocycles. The molecule has 3 nitrogen and oxygen atoms in total. The Morgan fingerprint density at radius 1 is 1.26 bits per heavy atom. The maximum Gasteiger partial charge on any atom is 0.127 e. The minimum absolute atomic E-state index is 0.315. The van der Waals surface area contributed by atoms with Crippen LogP contribution < -0.4 is 10.5 Å². The maximum absolute atomic E-state index is 6.34. The Labute approximate surface area is 121 Å². The van der Waals surface area contributed by atoms with Crippen molar-refractivity contribution in [3.63, 3.8) is 0 Å². The van der Waals surface area contributed by atoms with Gasteiger partial charge in [-0.3, -0.25) is 4.98 Å². The molecule has 4 heteroatoms. The Morgan fingerprint density at radius 3 is 2.63 bits per heavy atom. The SMILES string of the molecule is COc1c(C(N)c2ncccc2Br)ccc(C)c1C. The van der Waals surface area contributed by atoms with Gasteiger partial charge in [-0.2, -0.15) is 0 Å². The summed E-state index contributed by atoms with van der Waals surface area (Å²) in [4.78, 5) is 4.35. The molecule has 2 N–H and O–H groups in total. The van der Waals surface area contributed by atoms with E-state index in [1.807, 2.05) is 25.1 Å². The van der Waals surface area contributed by atoms with Gasteiger partial charge in [0.25, 0.3) is 0 Å². The van der Waals surface area contributed by atoms with Crippen molar-refractivity contribution in [2.24, 2.45) is 5.73 Å². The summed E-state index contributed by atoms with van der Waals surface area (Å²) in [5, 5.41) is 0. The molecule has 100 valence electrons. The van der Waals surface area contributed by atoms with Crippen LogP contribution in [0.1, 0.15) is 28.4 Å². The molecule has 1 unspecified atom stereocenters. The lowest BCUT2D eigenvalue weighted by Gasteiger charge is -2.19. The quantitative estimate of drug-likeness (QED) is 0.941. The highest BCUT2D eigenvalue weighted by molar-refractivity contribution is 9.10. The second-order valence-corrected chi connectivity index (χ2v) is 5.33. The van der Waals surface area contributed by atoms with Gasteiger partial charge in [0.15, 0.2) is 0 Å². The molecule has 0 amide bonds. The first-order chi connectivity index (χ1) is 9.06. The number of aromatic nitrogens is 1. The van der Waals surface area contributed by atoms with E-state index in [9.17, 15) is 0 Å². The van der Waals surface area contributed by atoms with E-state index in [0.29, 0.717) is 0 Å². The molecule has 0 radical (unpaired) electrons. The van der Waals surface area contributed by atoms with Gasteiger partial charge in [-0.1, -0.05) is 12.1 Å². The molecule has 1 heterocycles. The summed E-state index contributed by atoms with van der Waals surface area (Å²) >= 11 is 3.49. The first-order valence-corrected chi connectivity index (χ1v) is 6.85. The molecule has 0 aliphatic heterocycles. The molecule has 0 spiro atoms. The van der Waals surface area contributed by atoms with E-state index in [0.717, 1.165) is 27.0 Å². The van der Waals surface area contributed by atoms with E-state index >= 15 is 0 Å². The molecule has 1 atom stereocenters. The molecule has 0 bridgehead atoms. The van der Waals surface area contributed by atoms with Crippen LogP contribution in [0.2, 0.25) is 0 Å². The maximum atomic E-state index is 6.34. The van der Waals surface area contributed by atoms with Gasteiger partial charge in [0, 0.05) is 16.2 Å². The fraction of sp³-hybridized carbons (Fsp3) is 0.267. The summed E-state index contributed by atoms with van der Waals surface area (Å²) in [6.45, 7) is 4.10. The number of pyridine rings is 1. The van der Waals surface area contributed by atoms with Gasteiger partial charge in [-0.25, -0.2) is 0 Å². The van der Waals surface area contributed by atoms with E-state index in [2.05, 4.69) is 33.9 Å². The molecule has 19 heavy (non-hydrogen) atoms. The summed E-state index contributed by atoms with van der Waals surface area (Å²) in [7, 11) is 1.67. The highest BCUT2D eigenvalue weighted by Crippen LogP contribution is 2.34. The van der Waals surface area contributed by atoms with Crippen LogP contribution in [0.25, 0.3) is 0 Å². The van der Waals surface area contributed by atoms with Gasteiger partial charge in [-0.15, -0.1) is 0 Å². The molecule has 0 fully saturated rings. The minimum Gasteiger partial charge on any atom is -0.496 e. The van der Waals surface area contributed by atoms with Gasteiger partial charge < -0.3 is 10.5 Å². The molecule has 0 saturated heterocycles. The number of nitrogens with zero attached hydrogens (tertiary/aromatic N) is 1. The van der Waals surface area contributed by atoms with Crippen molar-refractivity contribution < 1.29 is 4.74 Å². The smallest absolute Gasteiger partial charge is 0.127 e. The lowest BCUT2D eigenvalue weighted by molar-refractivity contribution is 0.404. The van der Waals surface area contributed by atoms with E-state index < -0.39 is 0 Å². The highest BCUT2D eigenvalue weighted by atomic mass is 79.9. The van der Waals surface area contributed by atoms with Crippen LogP contribution in [0.15, 0.2) is 34.9 Å². The van der Waals surface area contributed by atoms with Crippen LogP contribution in [0.4, 0.5) is 0 Å². The predicted molar refractivity (Wildman–Crippen MR) is 80.4 cm³/mol. The van der Waals surface area contributed by atoms with Crippen LogP contribution >= 0.6 is 15.9 Å². The van der Waals surface area contributed by atoms with Crippen LogP contribution in [0.5, 0.6) is 5.75 Å². The van der Waals surface area contributed by atoms with Crippen molar-refractivity contribution in [2.75, 3.05) is 7.11 Å². The topological polar surface area (TPSA) is 48.1 Å². The summed E-state index contributed by atoms with van der Waals surface area (Å²) in [5.41, 5.74) is 10.4. The zero-order chi connectivity index (χ0) is 14.0. The number of methoxy groups -OCH3 is 1. The molecule has 0 aliphatic rings. The summed E-state index contributed by atoms with van der Waals surface area (Å²) in [6.07, 6.45) is 1.74. The summed E-state index contributed by atoms with van der Waals surface area (Å²) in [5.74, 6) is 0.838. The number of ether oxygens (including phenoxy) is 1. The fourth-order valence-corrected chi connectivity index (χ4v) is 2.60. The van der Waals surface area contributed by atoms with Crippen molar-refractivity contribution >= 4 is 15.9 Å². The van der Waals surface area contributed by atoms with Crippen molar-refractivity contribution in [3.8, 4) is 5.75 Å². The highest BCUT2D eigenvalue weighted by Gasteiger charge is 2.19. The van der Waals surface area contributed by atoms with Crippen LogP contribution in [-0.2, 0) is 0 Å². The average Bonchev–Trinajstić information content (AvgIpc) is 2.41. The second-order valence-electron chi connectivity index (χ2n) is 4.48. The molecule has 0 aliphatic carbocycles. The number of nitrogens with two attached hydrogens (primary N) is 1. The first kappa shape index (κ1) is 14.0. The zero-order valence-corrected chi connectivity index (χ0v) is 12.9. The number of halogens is 1. The van der Waals surface area contributed by atoms with Crippen molar-refractivity contribution in [2.45, 2.75) is 19.9 Å². The number of benzene rings is 1. The van der Waals surface area contributed by atoms with E-state index in [1.165, 1.54) is 5.56 Å². The van der Waals surface area contributed by atoms with E-state index in [-0.39, 0.29) is 6.04 Å². The van der Waals surface area contributed by atoms with Crippen LogP contribution in [-0.4, -0.2) is 12.1 Å². The largest absolute Gasteiger partial charge is 0.496 e. The predicted octanol–water partition coefficient (Wildman–Crippen LogP) is 3.52. The van der Waals surface area contributed by atoms with Gasteiger partial charge in [0.2, 0.25) is 0 Å². The normalized spacial score (nSPS) is 12.3. The standard InChI is InChI=1S/C15H17BrN2O/c1-9-6-7-11(15(19-3)10(9)2)13(17)14-12(16)5-4-8-18-14/h4-8,13H,17H2,1-3H3. The Hall–Kier alpha value is -1.39. The minimum atomic E-state index is -0.315. The number of hydrogen-bond donors (Lipinski definition) is 1. The Kier molecular flexibility index (Phi) is 4.22. The first-order valence-electron chi connectivity index (χ1n) is 6.06. The molecular formula is C15H17BrN2O. The van der Waals surface area contributed by atoms with E-state index in [4.69, 9.17) is 10.5 Å². The Morgan fingerprint density at radius 2 is 2.00 bits per heavy atom. The molecule has 0 saturated carbocycles. The van der Waals surface area contributed by atoms with Crippen molar-refractivity contribution in [3.05, 3.63) is 57.3 Å². The monoisotopic (exact) mass is 320 g/mol. The van der Waals surface area contributed by atoms with Crippen LogP contribution in [0, 0.1) is 13.8 Å². The lowest BCUT2D eigenvalue weighted by atomic mass is 9.97. The molecule has 1 aromatic heterocycles. The average molecular weight is 321 g/mol. The summed E-state index contributed by atoms with van der Waals surface area (Å²) in [6, 6.07) is 7.56. The third-order valence-corrected chi connectivity index (χ3v) is 4.00. The van der Waals surface area contributed by atoms with Crippen LogP contribution in [0.3, 0.4) is 0 Å². The van der Waals surface area contributed by atoms with Gasteiger partial charge in [0.1, 0.15) is 5.75 Å².